The van der Waals surface area contributed by atoms with Gasteiger partial charge in [-0.15, -0.1) is 0 Å². The Morgan fingerprint density at radius 1 is 0.935 bits per heavy atom. The quantitative estimate of drug-likeness (QED) is 0.654. The number of nitrogens with one attached hydrogen (secondary N) is 2. The van der Waals surface area contributed by atoms with Crippen molar-refractivity contribution in [3.63, 3.8) is 0 Å². The molecule has 3 aromatic rings. The number of furan rings is 1. The van der Waals surface area contributed by atoms with Crippen molar-refractivity contribution in [1.82, 2.24) is 4.90 Å². The maximum Gasteiger partial charge on any atom is 0.290 e. The Kier molecular flexibility index (Phi) is 5.84. The Morgan fingerprint density at radius 2 is 1.68 bits per heavy atom. The van der Waals surface area contributed by atoms with Crippen molar-refractivity contribution in [1.29, 1.82) is 0 Å². The predicted octanol–water partition coefficient (Wildman–Crippen LogP) is 4.08. The number of carbonyl (C=O) groups excluding carboxylic acids is 3. The van der Waals surface area contributed by atoms with Gasteiger partial charge in [-0.05, 0) is 61.7 Å². The Labute approximate surface area is 180 Å². The van der Waals surface area contributed by atoms with Crippen molar-refractivity contribution >= 4 is 29.1 Å². The van der Waals surface area contributed by atoms with E-state index < -0.39 is 6.04 Å². The van der Waals surface area contributed by atoms with Crippen LogP contribution in [0.25, 0.3) is 0 Å². The average Bonchev–Trinajstić information content (AvgIpc) is 3.49. The number of benzene rings is 2. The molecule has 1 aromatic heterocycles. The van der Waals surface area contributed by atoms with Crippen LogP contribution in [0.5, 0.6) is 0 Å². The highest BCUT2D eigenvalue weighted by Gasteiger charge is 2.35. The van der Waals surface area contributed by atoms with Gasteiger partial charge in [0.2, 0.25) is 5.91 Å². The summed E-state index contributed by atoms with van der Waals surface area (Å²) in [5.41, 5.74) is 2.49. The van der Waals surface area contributed by atoms with Gasteiger partial charge in [0.05, 0.1) is 6.26 Å². The van der Waals surface area contributed by atoms with Crippen molar-refractivity contribution in [3.8, 4) is 0 Å². The van der Waals surface area contributed by atoms with Gasteiger partial charge in [-0.2, -0.15) is 0 Å². The van der Waals surface area contributed by atoms with Crippen LogP contribution in [-0.4, -0.2) is 35.2 Å². The minimum atomic E-state index is -0.570. The van der Waals surface area contributed by atoms with E-state index in [0.717, 1.165) is 12.0 Å². The molecule has 1 fully saturated rings. The SMILES string of the molecule is Cc1c(NC(=O)c2ccccc2)cccc1NC(=O)[C@@H]1CCCN1C(=O)c1ccco1. The average molecular weight is 417 g/mol. The molecule has 1 aliphatic rings. The summed E-state index contributed by atoms with van der Waals surface area (Å²) in [6.07, 6.45) is 2.77. The summed E-state index contributed by atoms with van der Waals surface area (Å²) in [6.45, 7) is 2.33. The number of hydrogen-bond acceptors (Lipinski definition) is 4. The van der Waals surface area contributed by atoms with Crippen LogP contribution in [0, 0.1) is 6.92 Å². The molecule has 7 heteroatoms. The first-order valence-electron chi connectivity index (χ1n) is 10.2. The van der Waals surface area contributed by atoms with E-state index in [9.17, 15) is 14.4 Å². The first-order chi connectivity index (χ1) is 15.0. The van der Waals surface area contributed by atoms with Crippen molar-refractivity contribution in [3.05, 3.63) is 83.8 Å². The first kappa shape index (κ1) is 20.4. The third-order valence-electron chi connectivity index (χ3n) is 5.42. The summed E-state index contributed by atoms with van der Waals surface area (Å²) in [6, 6.07) is 16.9. The van der Waals surface area contributed by atoms with E-state index in [4.69, 9.17) is 4.42 Å². The maximum atomic E-state index is 13.0. The fraction of sp³-hybridized carbons (Fsp3) is 0.208. The molecule has 3 amide bonds. The van der Waals surface area contributed by atoms with Crippen LogP contribution in [0.15, 0.2) is 71.3 Å². The molecule has 4 rings (SSSR count). The first-order valence-corrected chi connectivity index (χ1v) is 10.2. The van der Waals surface area contributed by atoms with Gasteiger partial charge in [0.25, 0.3) is 11.8 Å². The molecule has 0 saturated carbocycles. The van der Waals surface area contributed by atoms with E-state index in [2.05, 4.69) is 10.6 Å². The third-order valence-corrected chi connectivity index (χ3v) is 5.42. The lowest BCUT2D eigenvalue weighted by molar-refractivity contribution is -0.119. The molecular weight excluding hydrogens is 394 g/mol. The second-order valence-corrected chi connectivity index (χ2v) is 7.42. The zero-order valence-electron chi connectivity index (χ0n) is 17.1. The molecule has 0 aliphatic carbocycles. The van der Waals surface area contributed by atoms with Crippen LogP contribution in [0.3, 0.4) is 0 Å². The summed E-state index contributed by atoms with van der Waals surface area (Å²) < 4.78 is 5.20. The van der Waals surface area contributed by atoms with Gasteiger partial charge in [0, 0.05) is 23.5 Å². The minimum absolute atomic E-state index is 0.224. The molecule has 2 aromatic carbocycles. The van der Waals surface area contributed by atoms with Crippen molar-refractivity contribution in [2.24, 2.45) is 0 Å². The molecule has 0 bridgehead atoms. The van der Waals surface area contributed by atoms with Gasteiger partial charge in [0.15, 0.2) is 5.76 Å². The molecule has 158 valence electrons. The molecule has 0 radical (unpaired) electrons. The molecule has 1 atom stereocenters. The van der Waals surface area contributed by atoms with Gasteiger partial charge in [0.1, 0.15) is 6.04 Å². The zero-order valence-corrected chi connectivity index (χ0v) is 17.1. The number of hydrogen-bond donors (Lipinski definition) is 2. The molecule has 2 N–H and O–H groups in total. The molecule has 0 unspecified atom stereocenters. The minimum Gasteiger partial charge on any atom is -0.459 e. The smallest absolute Gasteiger partial charge is 0.290 e. The molecule has 31 heavy (non-hydrogen) atoms. The second kappa shape index (κ2) is 8.87. The van der Waals surface area contributed by atoms with Crippen LogP contribution in [0.4, 0.5) is 11.4 Å². The number of carbonyl (C=O) groups is 3. The fourth-order valence-corrected chi connectivity index (χ4v) is 3.73. The van der Waals surface area contributed by atoms with E-state index in [0.29, 0.717) is 29.9 Å². The lowest BCUT2D eigenvalue weighted by atomic mass is 10.1. The summed E-state index contributed by atoms with van der Waals surface area (Å²) in [4.78, 5) is 39.7. The van der Waals surface area contributed by atoms with Gasteiger partial charge < -0.3 is 20.0 Å². The summed E-state index contributed by atoms with van der Waals surface area (Å²) >= 11 is 0. The highest BCUT2D eigenvalue weighted by molar-refractivity contribution is 6.06. The van der Waals surface area contributed by atoms with Crippen LogP contribution >= 0.6 is 0 Å². The highest BCUT2D eigenvalue weighted by atomic mass is 16.3. The Bertz CT molecular complexity index is 1090. The van der Waals surface area contributed by atoms with Crippen molar-refractivity contribution in [2.45, 2.75) is 25.8 Å². The molecular formula is C24H23N3O4. The van der Waals surface area contributed by atoms with Crippen molar-refractivity contribution in [2.75, 3.05) is 17.2 Å². The number of likely N-dealkylation sites (tertiary alicyclic amines) is 1. The van der Waals surface area contributed by atoms with Gasteiger partial charge >= 0.3 is 0 Å². The molecule has 7 nitrogen and oxygen atoms in total. The van der Waals surface area contributed by atoms with E-state index in [-0.39, 0.29) is 23.5 Å². The van der Waals surface area contributed by atoms with Crippen molar-refractivity contribution < 1.29 is 18.8 Å². The maximum absolute atomic E-state index is 13.0. The lowest BCUT2D eigenvalue weighted by Crippen LogP contribution is -2.43. The van der Waals surface area contributed by atoms with Crippen LogP contribution in [-0.2, 0) is 4.79 Å². The van der Waals surface area contributed by atoms with Gasteiger partial charge in [-0.3, -0.25) is 14.4 Å². The topological polar surface area (TPSA) is 91.7 Å². The van der Waals surface area contributed by atoms with E-state index in [1.807, 2.05) is 13.0 Å². The third kappa shape index (κ3) is 4.35. The van der Waals surface area contributed by atoms with E-state index >= 15 is 0 Å². The normalized spacial score (nSPS) is 15.5. The standard InChI is InChI=1S/C24H23N3O4/c1-16-18(25-22(28)17-8-3-2-4-9-17)10-5-11-19(16)26-23(29)20-12-6-14-27(20)24(30)21-13-7-15-31-21/h2-5,7-11,13,15,20H,6,12,14H2,1H3,(H,25,28)(H,26,29)/t20-/m0/s1. The summed E-state index contributed by atoms with van der Waals surface area (Å²) in [5, 5.41) is 5.81. The Balaban J connectivity index is 1.48. The number of amides is 3. The largest absolute Gasteiger partial charge is 0.459 e. The zero-order chi connectivity index (χ0) is 21.8. The van der Waals surface area contributed by atoms with E-state index in [1.54, 1.807) is 59.5 Å². The van der Waals surface area contributed by atoms with Crippen LogP contribution in [0.1, 0.15) is 39.3 Å². The predicted molar refractivity (Wildman–Crippen MR) is 117 cm³/mol. The fourth-order valence-electron chi connectivity index (χ4n) is 3.73. The van der Waals surface area contributed by atoms with Gasteiger partial charge in [-0.25, -0.2) is 0 Å². The van der Waals surface area contributed by atoms with Gasteiger partial charge in [-0.1, -0.05) is 24.3 Å². The number of rotatable bonds is 5. The second-order valence-electron chi connectivity index (χ2n) is 7.42. The molecule has 0 spiro atoms. The summed E-state index contributed by atoms with van der Waals surface area (Å²) in [7, 11) is 0. The monoisotopic (exact) mass is 417 g/mol. The van der Waals surface area contributed by atoms with E-state index in [1.165, 1.54) is 6.26 Å². The summed E-state index contributed by atoms with van der Waals surface area (Å²) in [5.74, 6) is -0.546. The number of nitrogens with zero attached hydrogens (tertiary/aromatic N) is 1. The lowest BCUT2D eigenvalue weighted by Gasteiger charge is -2.23. The molecule has 2 heterocycles. The molecule has 1 aliphatic heterocycles. The highest BCUT2D eigenvalue weighted by Crippen LogP contribution is 2.26. The Hall–Kier alpha value is -3.87. The van der Waals surface area contributed by atoms with Crippen LogP contribution < -0.4 is 10.6 Å². The number of anilines is 2. The molecule has 1 saturated heterocycles. The Morgan fingerprint density at radius 3 is 2.39 bits per heavy atom. The van der Waals surface area contributed by atoms with Crippen LogP contribution in [0.2, 0.25) is 0 Å².